The van der Waals surface area contributed by atoms with Crippen molar-refractivity contribution < 1.29 is 4.79 Å². The van der Waals surface area contributed by atoms with Crippen molar-refractivity contribution in [1.29, 1.82) is 0 Å². The van der Waals surface area contributed by atoms with Gasteiger partial charge in [0, 0.05) is 23.2 Å². The molecule has 5 rings (SSSR count). The molecule has 0 amide bonds. The number of fused-ring (bicyclic) bond motifs is 4. The Labute approximate surface area is 159 Å². The van der Waals surface area contributed by atoms with E-state index in [0.29, 0.717) is 10.6 Å². The van der Waals surface area contributed by atoms with E-state index in [1.54, 1.807) is 18.5 Å². The quantitative estimate of drug-likeness (QED) is 0.471. The van der Waals surface area contributed by atoms with E-state index < -0.39 is 0 Å². The highest BCUT2D eigenvalue weighted by atomic mass is 35.5. The van der Waals surface area contributed by atoms with Gasteiger partial charge in [0.2, 0.25) is 5.78 Å². The molecule has 0 unspecified atom stereocenters. The van der Waals surface area contributed by atoms with E-state index in [0.717, 1.165) is 26.4 Å². The summed E-state index contributed by atoms with van der Waals surface area (Å²) in [4.78, 5) is 19.7. The summed E-state index contributed by atoms with van der Waals surface area (Å²) in [6.07, 6.45) is 8.42. The minimum Gasteiger partial charge on any atom is -0.288 e. The molecule has 5 heteroatoms. The zero-order valence-corrected chi connectivity index (χ0v) is 15.0. The van der Waals surface area contributed by atoms with Crippen molar-refractivity contribution in [1.82, 2.24) is 9.97 Å². The summed E-state index contributed by atoms with van der Waals surface area (Å²) in [5.41, 5.74) is 1.52. The number of halogens is 2. The molecule has 3 nitrogen and oxygen atoms in total. The monoisotopic (exact) mass is 378 g/mol. The fraction of sp³-hybridized carbons (Fsp3) is 0. The highest BCUT2D eigenvalue weighted by Gasteiger charge is 2.22. The predicted molar refractivity (Wildman–Crippen MR) is 103 cm³/mol. The van der Waals surface area contributed by atoms with Gasteiger partial charge in [-0.3, -0.25) is 4.79 Å². The minimum atomic E-state index is -0.160. The average molecular weight is 379 g/mol. The molecular formula is C21H12Cl2N2O. The Morgan fingerprint density at radius 3 is 2.19 bits per heavy atom. The molecule has 0 atom stereocenters. The number of carbonyl (C=O) groups is 1. The van der Waals surface area contributed by atoms with Crippen LogP contribution in [0.25, 0.3) is 11.1 Å². The number of nitrogens with zero attached hydrogens (tertiary/aromatic N) is 2. The Hall–Kier alpha value is -2.75. The summed E-state index contributed by atoms with van der Waals surface area (Å²) in [5.74, 6) is -0.160. The lowest BCUT2D eigenvalue weighted by molar-refractivity contribution is 0.104. The first kappa shape index (κ1) is 16.7. The molecule has 0 saturated carbocycles. The van der Waals surface area contributed by atoms with Gasteiger partial charge < -0.3 is 0 Å². The first-order valence-electron chi connectivity index (χ1n) is 7.92. The van der Waals surface area contributed by atoms with Crippen molar-refractivity contribution in [2.24, 2.45) is 0 Å². The van der Waals surface area contributed by atoms with Crippen LogP contribution >= 0.6 is 23.2 Å². The average Bonchev–Trinajstić information content (AvgIpc) is 3.06. The summed E-state index contributed by atoms with van der Waals surface area (Å²) in [5, 5.41) is 4.75. The lowest BCUT2D eigenvalue weighted by Crippen LogP contribution is -2.22. The second-order valence-electron chi connectivity index (χ2n) is 5.75. The summed E-state index contributed by atoms with van der Waals surface area (Å²) < 4.78 is 0. The van der Waals surface area contributed by atoms with E-state index in [9.17, 15) is 4.79 Å². The Kier molecular flexibility index (Phi) is 4.41. The fourth-order valence-electron chi connectivity index (χ4n) is 3.10. The van der Waals surface area contributed by atoms with Gasteiger partial charge in [-0.1, -0.05) is 59.6 Å². The van der Waals surface area contributed by atoms with Gasteiger partial charge in [-0.2, -0.15) is 0 Å². The van der Waals surface area contributed by atoms with Gasteiger partial charge in [0.15, 0.2) is 0 Å². The molecule has 0 fully saturated rings. The van der Waals surface area contributed by atoms with Crippen LogP contribution in [0.4, 0.5) is 0 Å². The first-order valence-corrected chi connectivity index (χ1v) is 8.68. The second-order valence-corrected chi connectivity index (χ2v) is 6.57. The van der Waals surface area contributed by atoms with Crippen LogP contribution in [0.15, 0.2) is 72.3 Å². The van der Waals surface area contributed by atoms with E-state index in [4.69, 9.17) is 23.2 Å². The van der Waals surface area contributed by atoms with E-state index >= 15 is 0 Å². The van der Waals surface area contributed by atoms with Crippen molar-refractivity contribution in [3.05, 3.63) is 104 Å². The number of Topliss-reactive ketones (excluding diaryl/α,β-unsaturated/α-hetero) is 1. The molecule has 0 aliphatic heterocycles. The lowest BCUT2D eigenvalue weighted by Gasteiger charge is -2.11. The van der Waals surface area contributed by atoms with E-state index in [-0.39, 0.29) is 10.8 Å². The minimum absolute atomic E-state index is 0.160. The standard InChI is InChI=1S/C17H8Cl2O.C4H4N2/c18-14-8-15(19)17(20)16-12(14)6-5-11-10-4-2-1-3-9(10)7-13(11)16;1-2-5-4-6-3-1/h1-8H;1-4H. The number of allylic oxidation sites excluding steroid dienone is 2. The smallest absolute Gasteiger partial charge is 0.205 e. The highest BCUT2D eigenvalue weighted by molar-refractivity contribution is 6.53. The number of aromatic nitrogens is 2. The SMILES string of the molecule is O=C1C(Cl)=CC(Cl)=c2ccc3c(c21)C=c1ccccc1=3.c1cncnc1. The van der Waals surface area contributed by atoms with Gasteiger partial charge in [-0.05, 0) is 39.4 Å². The molecule has 26 heavy (non-hydrogen) atoms. The Morgan fingerprint density at radius 1 is 0.769 bits per heavy atom. The third-order valence-electron chi connectivity index (χ3n) is 4.23. The fourth-order valence-corrected chi connectivity index (χ4v) is 3.62. The maximum absolute atomic E-state index is 12.4. The van der Waals surface area contributed by atoms with Crippen molar-refractivity contribution in [3.8, 4) is 0 Å². The number of rotatable bonds is 0. The molecule has 0 radical (unpaired) electrons. The van der Waals surface area contributed by atoms with Crippen LogP contribution in [0.1, 0.15) is 15.9 Å². The number of ketones is 1. The second kappa shape index (κ2) is 6.87. The topological polar surface area (TPSA) is 42.9 Å². The first-order chi connectivity index (χ1) is 12.7. The normalized spacial score (nSPS) is 13.5. The zero-order chi connectivity index (χ0) is 18.1. The van der Waals surface area contributed by atoms with Gasteiger partial charge in [0.25, 0.3) is 0 Å². The third-order valence-corrected chi connectivity index (χ3v) is 4.82. The molecule has 0 saturated heterocycles. The molecule has 126 valence electrons. The predicted octanol–water partition coefficient (Wildman–Crippen LogP) is 3.26. The third kappa shape index (κ3) is 2.85. The number of hydrogen-bond donors (Lipinski definition) is 0. The van der Waals surface area contributed by atoms with E-state index in [1.807, 2.05) is 36.4 Å². The maximum Gasteiger partial charge on any atom is 0.205 e. The molecule has 1 aromatic heterocycles. The summed E-state index contributed by atoms with van der Waals surface area (Å²) >= 11 is 12.2. The van der Waals surface area contributed by atoms with Crippen molar-refractivity contribution in [2.75, 3.05) is 0 Å². The molecule has 2 aliphatic carbocycles. The number of benzene rings is 2. The number of carbonyl (C=O) groups excluding carboxylic acids is 1. The van der Waals surface area contributed by atoms with Crippen LogP contribution in [0.5, 0.6) is 0 Å². The van der Waals surface area contributed by atoms with Crippen LogP contribution in [0.2, 0.25) is 0 Å². The van der Waals surface area contributed by atoms with Crippen LogP contribution in [-0.4, -0.2) is 15.8 Å². The molecular weight excluding hydrogens is 367 g/mol. The van der Waals surface area contributed by atoms with Crippen LogP contribution < -0.4 is 10.4 Å². The number of hydrogen-bond acceptors (Lipinski definition) is 3. The summed E-state index contributed by atoms with van der Waals surface area (Å²) in [6, 6.07) is 13.8. The molecule has 0 bridgehead atoms. The van der Waals surface area contributed by atoms with E-state index in [2.05, 4.69) is 16.0 Å². The van der Waals surface area contributed by atoms with E-state index in [1.165, 1.54) is 12.4 Å². The highest BCUT2D eigenvalue weighted by Crippen LogP contribution is 2.24. The molecule has 0 N–H and O–H groups in total. The Morgan fingerprint density at radius 2 is 1.50 bits per heavy atom. The van der Waals surface area contributed by atoms with Gasteiger partial charge in [-0.15, -0.1) is 0 Å². The van der Waals surface area contributed by atoms with Gasteiger partial charge in [0.05, 0.1) is 10.1 Å². The lowest BCUT2D eigenvalue weighted by atomic mass is 9.96. The summed E-state index contributed by atoms with van der Waals surface area (Å²) in [7, 11) is 0. The molecule has 3 aromatic rings. The largest absolute Gasteiger partial charge is 0.288 e. The molecule has 2 aliphatic rings. The van der Waals surface area contributed by atoms with Crippen LogP contribution in [-0.2, 0) is 0 Å². The van der Waals surface area contributed by atoms with Gasteiger partial charge in [0.1, 0.15) is 6.33 Å². The summed E-state index contributed by atoms with van der Waals surface area (Å²) in [6.45, 7) is 0. The molecule has 0 spiro atoms. The van der Waals surface area contributed by atoms with Crippen molar-refractivity contribution >= 4 is 40.1 Å². The molecule has 1 heterocycles. The molecule has 2 aromatic carbocycles. The Balaban J connectivity index is 0.000000240. The van der Waals surface area contributed by atoms with Gasteiger partial charge in [-0.25, -0.2) is 9.97 Å². The van der Waals surface area contributed by atoms with Crippen LogP contribution in [0.3, 0.4) is 0 Å². The van der Waals surface area contributed by atoms with Gasteiger partial charge >= 0.3 is 0 Å². The Bertz CT molecular complexity index is 1240. The van der Waals surface area contributed by atoms with Crippen molar-refractivity contribution in [2.45, 2.75) is 0 Å². The van der Waals surface area contributed by atoms with Crippen molar-refractivity contribution in [3.63, 3.8) is 0 Å². The maximum atomic E-state index is 12.4. The zero-order valence-electron chi connectivity index (χ0n) is 13.5. The van der Waals surface area contributed by atoms with Crippen LogP contribution in [0, 0.1) is 10.4 Å².